The molecule has 1 aromatic carbocycles. The molecule has 22 heavy (non-hydrogen) atoms. The summed E-state index contributed by atoms with van der Waals surface area (Å²) in [6.45, 7) is 1.12. The molecule has 2 atom stereocenters. The maximum Gasteiger partial charge on any atom is 0.414 e. The molecule has 2 rings (SSSR count). The first-order valence-electron chi connectivity index (χ1n) is 6.73. The summed E-state index contributed by atoms with van der Waals surface area (Å²) in [5.41, 5.74) is 0.232. The number of amides is 2. The van der Waals surface area contributed by atoms with Gasteiger partial charge in [0.15, 0.2) is 0 Å². The number of nitrogens with zero attached hydrogens (tertiary/aromatic N) is 1. The molecule has 0 radical (unpaired) electrons. The lowest BCUT2D eigenvalue weighted by atomic mass is 10.1. The summed E-state index contributed by atoms with van der Waals surface area (Å²) < 4.78 is 19.0. The second-order valence-corrected chi connectivity index (χ2v) is 4.96. The first-order valence-corrected chi connectivity index (χ1v) is 6.73. The summed E-state index contributed by atoms with van der Waals surface area (Å²) in [7, 11) is 0. The van der Waals surface area contributed by atoms with Gasteiger partial charge < -0.3 is 20.3 Å². The van der Waals surface area contributed by atoms with Gasteiger partial charge >= 0.3 is 6.09 Å². The third kappa shape index (κ3) is 3.52. The molecule has 0 spiro atoms. The number of cyclic esters (lactones) is 1. The van der Waals surface area contributed by atoms with Gasteiger partial charge in [-0.1, -0.05) is 6.07 Å². The highest BCUT2D eigenvalue weighted by Crippen LogP contribution is 2.26. The Morgan fingerprint density at radius 1 is 1.59 bits per heavy atom. The van der Waals surface area contributed by atoms with Crippen molar-refractivity contribution in [2.24, 2.45) is 0 Å². The standard InChI is InChI=1S/C14H17FN2O5/c1-8(19)16-5-10-6-17(14(21)22-10)9-2-3-11(12(15)4-9)13(20)7-18/h2-4,10,13,18,20H,5-7H2,1H3,(H,16,19)/t10-,13?/m0/s1. The first kappa shape index (κ1) is 16.2. The average Bonchev–Trinajstić information content (AvgIpc) is 2.85. The van der Waals surface area contributed by atoms with Gasteiger partial charge in [-0.25, -0.2) is 9.18 Å². The minimum absolute atomic E-state index is 0.0476. The lowest BCUT2D eigenvalue weighted by Crippen LogP contribution is -2.33. The number of ether oxygens (including phenoxy) is 1. The van der Waals surface area contributed by atoms with Gasteiger partial charge in [-0.05, 0) is 12.1 Å². The predicted molar refractivity (Wildman–Crippen MR) is 74.7 cm³/mol. The number of carbonyl (C=O) groups excluding carboxylic acids is 2. The largest absolute Gasteiger partial charge is 0.442 e. The van der Waals surface area contributed by atoms with Gasteiger partial charge in [0.25, 0.3) is 0 Å². The Labute approximate surface area is 126 Å². The number of aliphatic hydroxyl groups excluding tert-OH is 2. The summed E-state index contributed by atoms with van der Waals surface area (Å²) in [5, 5.41) is 20.8. The molecule has 1 saturated heterocycles. The maximum absolute atomic E-state index is 13.9. The van der Waals surface area contributed by atoms with E-state index in [0.717, 1.165) is 6.07 Å². The van der Waals surface area contributed by atoms with E-state index in [1.165, 1.54) is 24.0 Å². The van der Waals surface area contributed by atoms with Crippen LogP contribution in [0.25, 0.3) is 0 Å². The Bertz CT molecular complexity index is 580. The van der Waals surface area contributed by atoms with Crippen LogP contribution in [0.1, 0.15) is 18.6 Å². The van der Waals surface area contributed by atoms with Crippen molar-refractivity contribution in [3.8, 4) is 0 Å². The number of hydrogen-bond donors (Lipinski definition) is 3. The van der Waals surface area contributed by atoms with Gasteiger partial charge in [0.05, 0.1) is 25.4 Å². The van der Waals surface area contributed by atoms with Crippen LogP contribution in [0.15, 0.2) is 18.2 Å². The quantitative estimate of drug-likeness (QED) is 0.727. The fraction of sp³-hybridized carbons (Fsp3) is 0.429. The molecule has 3 N–H and O–H groups in total. The molecule has 1 heterocycles. The first-order chi connectivity index (χ1) is 10.4. The summed E-state index contributed by atoms with van der Waals surface area (Å²) in [4.78, 5) is 23.9. The van der Waals surface area contributed by atoms with E-state index in [0.29, 0.717) is 0 Å². The zero-order chi connectivity index (χ0) is 16.3. The summed E-state index contributed by atoms with van der Waals surface area (Å²) >= 11 is 0. The minimum atomic E-state index is -1.31. The van der Waals surface area contributed by atoms with Crippen LogP contribution in [-0.4, -0.2) is 48.0 Å². The number of rotatable bonds is 5. The van der Waals surface area contributed by atoms with Crippen LogP contribution in [-0.2, 0) is 9.53 Å². The number of hydrogen-bond acceptors (Lipinski definition) is 5. The number of aliphatic hydroxyl groups is 2. The van der Waals surface area contributed by atoms with Gasteiger partial charge in [0.1, 0.15) is 18.0 Å². The van der Waals surface area contributed by atoms with E-state index in [1.54, 1.807) is 0 Å². The van der Waals surface area contributed by atoms with E-state index in [2.05, 4.69) is 5.32 Å². The molecule has 8 heteroatoms. The third-order valence-corrected chi connectivity index (χ3v) is 3.28. The second kappa shape index (κ2) is 6.71. The summed E-state index contributed by atoms with van der Waals surface area (Å²) in [6.07, 6.45) is -2.46. The third-order valence-electron chi connectivity index (χ3n) is 3.28. The minimum Gasteiger partial charge on any atom is -0.442 e. The topological polar surface area (TPSA) is 99.1 Å². The number of benzene rings is 1. The van der Waals surface area contributed by atoms with Gasteiger partial charge in [-0.3, -0.25) is 9.69 Å². The van der Waals surface area contributed by atoms with Crippen molar-refractivity contribution < 1.29 is 28.9 Å². The van der Waals surface area contributed by atoms with Crippen LogP contribution in [0, 0.1) is 5.82 Å². The maximum atomic E-state index is 13.9. The van der Waals surface area contributed by atoms with E-state index in [4.69, 9.17) is 9.84 Å². The van der Waals surface area contributed by atoms with Gasteiger partial charge in [0.2, 0.25) is 5.91 Å². The smallest absolute Gasteiger partial charge is 0.414 e. The molecule has 0 aliphatic carbocycles. The molecule has 1 aliphatic rings. The normalized spacial score (nSPS) is 19.0. The SMILES string of the molecule is CC(=O)NC[C@H]1CN(c2ccc(C(O)CO)c(F)c2)C(=O)O1. The fourth-order valence-corrected chi connectivity index (χ4v) is 2.15. The van der Waals surface area contributed by atoms with Crippen molar-refractivity contribution in [1.29, 1.82) is 0 Å². The molecule has 0 saturated carbocycles. The van der Waals surface area contributed by atoms with E-state index < -0.39 is 30.7 Å². The Morgan fingerprint density at radius 2 is 2.32 bits per heavy atom. The van der Waals surface area contributed by atoms with Crippen molar-refractivity contribution in [3.63, 3.8) is 0 Å². The van der Waals surface area contributed by atoms with Crippen molar-refractivity contribution in [2.75, 3.05) is 24.6 Å². The lowest BCUT2D eigenvalue weighted by Gasteiger charge is -2.15. The molecule has 120 valence electrons. The Hall–Kier alpha value is -2.19. The highest BCUT2D eigenvalue weighted by molar-refractivity contribution is 5.89. The van der Waals surface area contributed by atoms with E-state index in [1.807, 2.05) is 0 Å². The lowest BCUT2D eigenvalue weighted by molar-refractivity contribution is -0.119. The highest BCUT2D eigenvalue weighted by Gasteiger charge is 2.32. The van der Waals surface area contributed by atoms with Crippen molar-refractivity contribution >= 4 is 17.7 Å². The van der Waals surface area contributed by atoms with Gasteiger partial charge in [0, 0.05) is 12.5 Å². The van der Waals surface area contributed by atoms with E-state index >= 15 is 0 Å². The molecule has 0 bridgehead atoms. The second-order valence-electron chi connectivity index (χ2n) is 4.96. The zero-order valence-electron chi connectivity index (χ0n) is 12.0. The molecule has 1 aliphatic heterocycles. The zero-order valence-corrected chi connectivity index (χ0v) is 12.0. The monoisotopic (exact) mass is 312 g/mol. The van der Waals surface area contributed by atoms with Crippen molar-refractivity contribution in [2.45, 2.75) is 19.1 Å². The molecule has 1 fully saturated rings. The number of carbonyl (C=O) groups is 2. The van der Waals surface area contributed by atoms with Crippen LogP contribution in [0.3, 0.4) is 0 Å². The van der Waals surface area contributed by atoms with Crippen LogP contribution in [0.4, 0.5) is 14.9 Å². The Kier molecular flexibility index (Phi) is 4.94. The Morgan fingerprint density at radius 3 is 2.91 bits per heavy atom. The fourth-order valence-electron chi connectivity index (χ4n) is 2.15. The Balaban J connectivity index is 2.10. The van der Waals surface area contributed by atoms with Crippen LogP contribution in [0.2, 0.25) is 0 Å². The van der Waals surface area contributed by atoms with Gasteiger partial charge in [-0.15, -0.1) is 0 Å². The highest BCUT2D eigenvalue weighted by atomic mass is 19.1. The molecular weight excluding hydrogens is 295 g/mol. The summed E-state index contributed by atoms with van der Waals surface area (Å²) in [6, 6.07) is 3.86. The molecular formula is C14H17FN2O5. The number of halogens is 1. The number of nitrogens with one attached hydrogen (secondary N) is 1. The van der Waals surface area contributed by atoms with Crippen molar-refractivity contribution in [1.82, 2.24) is 5.32 Å². The predicted octanol–water partition coefficient (Wildman–Crippen LogP) is 0.313. The van der Waals surface area contributed by atoms with E-state index in [-0.39, 0.29) is 30.2 Å². The van der Waals surface area contributed by atoms with Crippen molar-refractivity contribution in [3.05, 3.63) is 29.6 Å². The average molecular weight is 312 g/mol. The van der Waals surface area contributed by atoms with Crippen LogP contribution < -0.4 is 10.2 Å². The van der Waals surface area contributed by atoms with Crippen LogP contribution in [0.5, 0.6) is 0 Å². The molecule has 2 amide bonds. The molecule has 1 unspecified atom stereocenters. The van der Waals surface area contributed by atoms with Gasteiger partial charge in [-0.2, -0.15) is 0 Å². The van der Waals surface area contributed by atoms with E-state index in [9.17, 15) is 19.1 Å². The van der Waals surface area contributed by atoms with Crippen LogP contribution >= 0.6 is 0 Å². The molecule has 7 nitrogen and oxygen atoms in total. The number of anilines is 1. The molecule has 1 aromatic rings. The summed E-state index contributed by atoms with van der Waals surface area (Å²) in [5.74, 6) is -0.958. The molecule has 0 aromatic heterocycles.